The number of benzene rings is 1. The Balaban J connectivity index is 2.32. The normalized spacial score (nSPS) is 16.9. The molecule has 2 rings (SSSR count). The van der Waals surface area contributed by atoms with Crippen LogP contribution in [0.4, 0.5) is 4.79 Å². The van der Waals surface area contributed by atoms with Gasteiger partial charge in [-0.25, -0.2) is 13.2 Å². The van der Waals surface area contributed by atoms with Gasteiger partial charge in [-0.15, -0.1) is 0 Å². The minimum Gasteiger partial charge on any atom is -0.447 e. The van der Waals surface area contributed by atoms with Gasteiger partial charge in [-0.1, -0.05) is 57.9 Å². The quantitative estimate of drug-likeness (QED) is 0.215. The number of alkyl carbamates (subject to hydrolysis) is 1. The molecular formula is C28H46N4O7S. The molecule has 0 aliphatic carbocycles. The van der Waals surface area contributed by atoms with Crippen molar-refractivity contribution < 1.29 is 32.6 Å². The lowest BCUT2D eigenvalue weighted by molar-refractivity contribution is -0.134. The van der Waals surface area contributed by atoms with Gasteiger partial charge in [0.25, 0.3) is 0 Å². The largest absolute Gasteiger partial charge is 0.447 e. The lowest BCUT2D eigenvalue weighted by Gasteiger charge is -2.30. The highest BCUT2D eigenvalue weighted by Crippen LogP contribution is 2.19. The highest BCUT2D eigenvalue weighted by molar-refractivity contribution is 7.92. The molecule has 0 radical (unpaired) electrons. The SMILES string of the molecule is CCCC(CCC)S(=O)(=O)CC(NC(=O)OC[C@H]1CCC(=O)N1)C(=O)N(Cc1cccc(CC)c1)C[C@@H](O)CN. The number of carbonyl (C=O) groups excluding carboxylic acids is 3. The molecule has 1 aliphatic heterocycles. The second-order valence-corrected chi connectivity index (χ2v) is 12.7. The Labute approximate surface area is 238 Å². The van der Waals surface area contributed by atoms with Crippen molar-refractivity contribution >= 4 is 27.7 Å². The number of nitrogens with one attached hydrogen (secondary N) is 2. The molecule has 3 atom stereocenters. The van der Waals surface area contributed by atoms with Gasteiger partial charge >= 0.3 is 6.09 Å². The van der Waals surface area contributed by atoms with Crippen LogP contribution in [0.2, 0.25) is 0 Å². The number of aliphatic hydroxyl groups excluding tert-OH is 1. The molecular weight excluding hydrogens is 536 g/mol. The van der Waals surface area contributed by atoms with Crippen molar-refractivity contribution in [3.63, 3.8) is 0 Å². The molecule has 226 valence electrons. The summed E-state index contributed by atoms with van der Waals surface area (Å²) in [4.78, 5) is 39.4. The lowest BCUT2D eigenvalue weighted by atomic mass is 10.1. The predicted octanol–water partition coefficient (Wildman–Crippen LogP) is 1.65. The third kappa shape index (κ3) is 10.7. The Morgan fingerprint density at radius 3 is 2.45 bits per heavy atom. The van der Waals surface area contributed by atoms with Gasteiger partial charge in [0.1, 0.15) is 12.6 Å². The molecule has 0 aromatic heterocycles. The van der Waals surface area contributed by atoms with Crippen molar-refractivity contribution in [2.24, 2.45) is 5.73 Å². The first-order valence-electron chi connectivity index (χ1n) is 14.2. The van der Waals surface area contributed by atoms with Gasteiger partial charge in [0.05, 0.1) is 23.1 Å². The van der Waals surface area contributed by atoms with Crippen molar-refractivity contribution in [1.82, 2.24) is 15.5 Å². The number of amides is 3. The van der Waals surface area contributed by atoms with Gasteiger partial charge in [0.15, 0.2) is 9.84 Å². The van der Waals surface area contributed by atoms with Gasteiger partial charge in [0.2, 0.25) is 11.8 Å². The van der Waals surface area contributed by atoms with E-state index in [1.165, 1.54) is 4.90 Å². The molecule has 0 spiro atoms. The van der Waals surface area contributed by atoms with Gasteiger partial charge in [0, 0.05) is 26.1 Å². The van der Waals surface area contributed by atoms with Gasteiger partial charge < -0.3 is 31.1 Å². The Hall–Kier alpha value is -2.70. The lowest BCUT2D eigenvalue weighted by Crippen LogP contribution is -2.54. The maximum atomic E-state index is 13.9. The molecule has 0 bridgehead atoms. The van der Waals surface area contributed by atoms with E-state index in [1.54, 1.807) is 0 Å². The number of nitrogens with two attached hydrogens (primary N) is 1. The summed E-state index contributed by atoms with van der Waals surface area (Å²) >= 11 is 0. The van der Waals surface area contributed by atoms with Crippen molar-refractivity contribution in [3.8, 4) is 0 Å². The molecule has 1 aliphatic rings. The summed E-state index contributed by atoms with van der Waals surface area (Å²) in [6.45, 7) is 5.57. The summed E-state index contributed by atoms with van der Waals surface area (Å²) in [7, 11) is -3.79. The van der Waals surface area contributed by atoms with E-state index in [2.05, 4.69) is 10.6 Å². The van der Waals surface area contributed by atoms with Crippen LogP contribution in [0.3, 0.4) is 0 Å². The standard InChI is InChI=1S/C28H46N4O7S/c1-4-8-24(9-5-2)40(37,38)19-25(31-28(36)39-18-22-12-13-26(34)30-22)27(35)32(17-23(33)15-29)16-21-11-7-10-20(6-3)14-21/h7,10-11,14,22-25,33H,4-6,8-9,12-13,15-19,29H2,1-3H3,(H,30,34)(H,31,36)/t22-,23+,25?/m1/s1. The molecule has 40 heavy (non-hydrogen) atoms. The molecule has 1 heterocycles. The molecule has 5 N–H and O–H groups in total. The van der Waals surface area contributed by atoms with Crippen LogP contribution in [0.1, 0.15) is 70.4 Å². The number of nitrogens with zero attached hydrogens (tertiary/aromatic N) is 1. The molecule has 1 fully saturated rings. The average molecular weight is 583 g/mol. The third-order valence-corrected chi connectivity index (χ3v) is 9.29. The van der Waals surface area contributed by atoms with E-state index in [0.29, 0.717) is 38.5 Å². The van der Waals surface area contributed by atoms with Crippen molar-refractivity contribution in [3.05, 3.63) is 35.4 Å². The van der Waals surface area contributed by atoms with Crippen LogP contribution in [0.25, 0.3) is 0 Å². The van der Waals surface area contributed by atoms with E-state index in [1.807, 2.05) is 45.0 Å². The van der Waals surface area contributed by atoms with Gasteiger partial charge in [-0.3, -0.25) is 9.59 Å². The number of aryl methyl sites for hydroxylation is 1. The number of rotatable bonds is 17. The van der Waals surface area contributed by atoms with Gasteiger partial charge in [-0.05, 0) is 36.8 Å². The summed E-state index contributed by atoms with van der Waals surface area (Å²) in [5.74, 6) is -1.39. The fourth-order valence-electron chi connectivity index (χ4n) is 4.80. The fourth-order valence-corrected chi connectivity index (χ4v) is 6.96. The highest BCUT2D eigenvalue weighted by atomic mass is 32.2. The number of sulfone groups is 1. The first-order chi connectivity index (χ1) is 19.0. The zero-order valence-corrected chi connectivity index (χ0v) is 24.8. The molecule has 3 amide bonds. The van der Waals surface area contributed by atoms with Crippen LogP contribution >= 0.6 is 0 Å². The average Bonchev–Trinajstić information content (AvgIpc) is 3.35. The summed E-state index contributed by atoms with van der Waals surface area (Å²) in [5.41, 5.74) is 7.49. The predicted molar refractivity (Wildman–Crippen MR) is 153 cm³/mol. The summed E-state index contributed by atoms with van der Waals surface area (Å²) in [6.07, 6.45) is 1.86. The van der Waals surface area contributed by atoms with Crippen LogP contribution in [0.15, 0.2) is 24.3 Å². The smallest absolute Gasteiger partial charge is 0.407 e. The van der Waals surface area contributed by atoms with Crippen LogP contribution < -0.4 is 16.4 Å². The van der Waals surface area contributed by atoms with Crippen LogP contribution in [0, 0.1) is 0 Å². The maximum absolute atomic E-state index is 13.9. The highest BCUT2D eigenvalue weighted by Gasteiger charge is 2.35. The number of carbonyl (C=O) groups is 3. The zero-order valence-electron chi connectivity index (χ0n) is 23.9. The fraction of sp³-hybridized carbons (Fsp3) is 0.679. The number of hydrogen-bond donors (Lipinski definition) is 4. The Bertz CT molecular complexity index is 1080. The summed E-state index contributed by atoms with van der Waals surface area (Å²) in [5, 5.41) is 14.8. The first kappa shape index (κ1) is 33.5. The van der Waals surface area contributed by atoms with E-state index in [0.717, 1.165) is 17.5 Å². The van der Waals surface area contributed by atoms with E-state index in [4.69, 9.17) is 10.5 Å². The first-order valence-corrected chi connectivity index (χ1v) is 15.9. The molecule has 11 nitrogen and oxygen atoms in total. The van der Waals surface area contributed by atoms with E-state index in [9.17, 15) is 27.9 Å². The summed E-state index contributed by atoms with van der Waals surface area (Å²) < 4.78 is 32.2. The zero-order chi connectivity index (χ0) is 29.7. The van der Waals surface area contributed by atoms with E-state index in [-0.39, 0.29) is 38.2 Å². The second-order valence-electron chi connectivity index (χ2n) is 10.4. The Kier molecular flexibility index (Phi) is 13.9. The maximum Gasteiger partial charge on any atom is 0.407 e. The Morgan fingerprint density at radius 1 is 1.20 bits per heavy atom. The van der Waals surface area contributed by atoms with Crippen LogP contribution in [0.5, 0.6) is 0 Å². The van der Waals surface area contributed by atoms with Crippen molar-refractivity contribution in [2.75, 3.05) is 25.4 Å². The molecule has 0 saturated carbocycles. The van der Waals surface area contributed by atoms with Gasteiger partial charge in [-0.2, -0.15) is 0 Å². The molecule has 1 aromatic rings. The van der Waals surface area contributed by atoms with Crippen molar-refractivity contribution in [2.45, 2.75) is 95.7 Å². The third-order valence-electron chi connectivity index (χ3n) is 7.01. The number of hydrogen-bond acceptors (Lipinski definition) is 8. The minimum absolute atomic E-state index is 0.0957. The topological polar surface area (TPSA) is 168 Å². The molecule has 12 heteroatoms. The van der Waals surface area contributed by atoms with Crippen LogP contribution in [-0.2, 0) is 37.1 Å². The molecule has 1 unspecified atom stereocenters. The van der Waals surface area contributed by atoms with Crippen molar-refractivity contribution in [1.29, 1.82) is 0 Å². The second kappa shape index (κ2) is 16.5. The van der Waals surface area contributed by atoms with E-state index >= 15 is 0 Å². The molecule has 1 aromatic carbocycles. The number of ether oxygens (including phenoxy) is 1. The molecule has 1 saturated heterocycles. The monoisotopic (exact) mass is 582 g/mol. The number of aliphatic hydroxyl groups is 1. The summed E-state index contributed by atoms with van der Waals surface area (Å²) in [6, 6.07) is 5.84. The Morgan fingerprint density at radius 2 is 1.88 bits per heavy atom. The van der Waals surface area contributed by atoms with E-state index < -0.39 is 45.0 Å². The minimum atomic E-state index is -3.79. The van der Waals surface area contributed by atoms with Crippen LogP contribution in [-0.4, -0.2) is 85.2 Å².